The van der Waals surface area contributed by atoms with Crippen LogP contribution in [0.15, 0.2) is 65.6 Å². The molecule has 1 aromatic carbocycles. The van der Waals surface area contributed by atoms with Crippen LogP contribution in [0.3, 0.4) is 0 Å². The number of pyridine rings is 1. The molecule has 1 atom stereocenters. The average Bonchev–Trinajstić information content (AvgIpc) is 3.30. The molecule has 0 unspecified atom stereocenters. The minimum Gasteiger partial charge on any atom is -0.343 e. The maximum absolute atomic E-state index is 14.0. The molecule has 0 bridgehead atoms. The van der Waals surface area contributed by atoms with E-state index in [1.165, 1.54) is 47.9 Å². The van der Waals surface area contributed by atoms with E-state index in [9.17, 15) is 18.4 Å². The molecule has 0 fully saturated rings. The van der Waals surface area contributed by atoms with Gasteiger partial charge < -0.3 is 11.1 Å². The van der Waals surface area contributed by atoms with E-state index in [-0.39, 0.29) is 23.7 Å². The zero-order valence-corrected chi connectivity index (χ0v) is 18.3. The molecular formula is C23H19F2N5O2S. The number of benzene rings is 1. The highest BCUT2D eigenvalue weighted by Gasteiger charge is 2.18. The summed E-state index contributed by atoms with van der Waals surface area (Å²) in [4.78, 5) is 30.1. The van der Waals surface area contributed by atoms with Gasteiger partial charge >= 0.3 is 0 Å². The quantitative estimate of drug-likeness (QED) is 0.422. The van der Waals surface area contributed by atoms with Gasteiger partial charge in [-0.05, 0) is 60.5 Å². The van der Waals surface area contributed by atoms with E-state index in [1.807, 2.05) is 12.1 Å². The molecule has 4 aromatic rings. The van der Waals surface area contributed by atoms with Gasteiger partial charge in [-0.1, -0.05) is 6.07 Å². The highest BCUT2D eigenvalue weighted by Crippen LogP contribution is 2.34. The molecule has 7 nitrogen and oxygen atoms in total. The Morgan fingerprint density at radius 2 is 2.00 bits per heavy atom. The largest absolute Gasteiger partial charge is 0.343 e. The van der Waals surface area contributed by atoms with Crippen LogP contribution < -0.4 is 16.6 Å². The lowest BCUT2D eigenvalue weighted by Gasteiger charge is -2.13. The first kappa shape index (κ1) is 22.4. The van der Waals surface area contributed by atoms with Gasteiger partial charge in [0.05, 0.1) is 6.04 Å². The van der Waals surface area contributed by atoms with Crippen molar-refractivity contribution >= 4 is 17.2 Å². The first-order chi connectivity index (χ1) is 15.9. The Balaban J connectivity index is 1.56. The molecule has 1 amide bonds. The fraction of sp³-hybridized carbons (Fsp3) is 0.130. The Morgan fingerprint density at radius 3 is 2.76 bits per heavy atom. The van der Waals surface area contributed by atoms with E-state index in [1.54, 1.807) is 13.0 Å². The van der Waals surface area contributed by atoms with Crippen molar-refractivity contribution in [3.63, 3.8) is 0 Å². The Morgan fingerprint density at radius 1 is 1.18 bits per heavy atom. The summed E-state index contributed by atoms with van der Waals surface area (Å²) in [5.74, 6) is -1.77. The standard InChI is InChI=1S/C23H19F2N5O2S/c1-13(19-7-8-20(33-19)16-11-15(24)5-4-14(16)12-26)28-23(32)17-6-9-21(31)30(29-17)18-3-2-10-27-22(18)25/h2-11,13H,12,26H2,1H3,(H,28,32)/t13-/m1/s1. The molecule has 4 rings (SSSR count). The normalized spacial score (nSPS) is 11.9. The van der Waals surface area contributed by atoms with Crippen LogP contribution in [-0.4, -0.2) is 20.7 Å². The van der Waals surface area contributed by atoms with E-state index in [4.69, 9.17) is 5.73 Å². The number of nitrogens with zero attached hydrogens (tertiary/aromatic N) is 3. The van der Waals surface area contributed by atoms with Gasteiger partial charge in [0.1, 0.15) is 17.2 Å². The van der Waals surface area contributed by atoms with E-state index in [0.29, 0.717) is 5.56 Å². The molecule has 3 heterocycles. The monoisotopic (exact) mass is 467 g/mol. The second-order valence-corrected chi connectivity index (χ2v) is 8.30. The van der Waals surface area contributed by atoms with Crippen molar-refractivity contribution in [3.05, 3.63) is 99.0 Å². The lowest BCUT2D eigenvalue weighted by Crippen LogP contribution is -2.30. The van der Waals surface area contributed by atoms with Gasteiger partial charge in [-0.2, -0.15) is 14.2 Å². The smallest absolute Gasteiger partial charge is 0.272 e. The van der Waals surface area contributed by atoms with E-state index in [0.717, 1.165) is 26.1 Å². The first-order valence-corrected chi connectivity index (χ1v) is 10.8. The number of carbonyl (C=O) groups is 1. The summed E-state index contributed by atoms with van der Waals surface area (Å²) in [6.45, 7) is 2.06. The molecule has 10 heteroatoms. The van der Waals surface area contributed by atoms with Gasteiger partial charge in [-0.15, -0.1) is 11.3 Å². The number of halogens is 2. The van der Waals surface area contributed by atoms with Crippen LogP contribution in [0.25, 0.3) is 16.1 Å². The summed E-state index contributed by atoms with van der Waals surface area (Å²) >= 11 is 1.40. The zero-order chi connectivity index (χ0) is 23.5. The summed E-state index contributed by atoms with van der Waals surface area (Å²) in [6.07, 6.45) is 1.25. The van der Waals surface area contributed by atoms with Crippen LogP contribution in [0.2, 0.25) is 0 Å². The molecule has 0 aliphatic heterocycles. The van der Waals surface area contributed by atoms with E-state index in [2.05, 4.69) is 15.4 Å². The van der Waals surface area contributed by atoms with Crippen LogP contribution in [0.4, 0.5) is 8.78 Å². The van der Waals surface area contributed by atoms with Crippen LogP contribution in [-0.2, 0) is 6.54 Å². The fourth-order valence-corrected chi connectivity index (χ4v) is 4.33. The molecule has 0 spiro atoms. The molecular weight excluding hydrogens is 448 g/mol. The van der Waals surface area contributed by atoms with Crippen molar-refractivity contribution in [2.24, 2.45) is 5.73 Å². The second kappa shape index (κ2) is 9.39. The lowest BCUT2D eigenvalue weighted by atomic mass is 10.1. The van der Waals surface area contributed by atoms with Gasteiger partial charge in [-0.25, -0.2) is 9.37 Å². The Labute approximate surface area is 191 Å². The van der Waals surface area contributed by atoms with Gasteiger partial charge in [0.2, 0.25) is 5.95 Å². The van der Waals surface area contributed by atoms with E-state index >= 15 is 0 Å². The minimum absolute atomic E-state index is 0.0583. The number of hydrogen-bond donors (Lipinski definition) is 2. The Bertz CT molecular complexity index is 1390. The van der Waals surface area contributed by atoms with Gasteiger partial charge in [0.25, 0.3) is 11.5 Å². The number of amides is 1. The van der Waals surface area contributed by atoms with Gasteiger partial charge in [0, 0.05) is 28.6 Å². The molecule has 3 aromatic heterocycles. The van der Waals surface area contributed by atoms with Crippen molar-refractivity contribution < 1.29 is 13.6 Å². The third kappa shape index (κ3) is 4.71. The molecule has 168 valence electrons. The van der Waals surface area contributed by atoms with Crippen molar-refractivity contribution in [1.82, 2.24) is 20.1 Å². The first-order valence-electron chi connectivity index (χ1n) is 9.98. The number of thiophene rings is 1. The zero-order valence-electron chi connectivity index (χ0n) is 17.5. The molecule has 3 N–H and O–H groups in total. The van der Waals surface area contributed by atoms with Crippen LogP contribution in [0, 0.1) is 11.8 Å². The minimum atomic E-state index is -0.877. The van der Waals surface area contributed by atoms with Gasteiger partial charge in [-0.3, -0.25) is 9.59 Å². The summed E-state index contributed by atoms with van der Waals surface area (Å²) in [6, 6.07) is 13.0. The number of rotatable bonds is 6. The molecule has 33 heavy (non-hydrogen) atoms. The molecule has 0 aliphatic carbocycles. The number of nitrogens with two attached hydrogens (primary N) is 1. The SMILES string of the molecule is C[C@@H](NC(=O)c1ccc(=O)n(-c2cccnc2F)n1)c1ccc(-c2cc(F)ccc2CN)s1. The number of hydrogen-bond acceptors (Lipinski definition) is 6. The summed E-state index contributed by atoms with van der Waals surface area (Å²) in [5.41, 5.74) is 6.49. The van der Waals surface area contributed by atoms with Crippen molar-refractivity contribution in [2.75, 3.05) is 0 Å². The predicted octanol–water partition coefficient (Wildman–Crippen LogP) is 3.58. The van der Waals surface area contributed by atoms with Crippen molar-refractivity contribution in [3.8, 4) is 16.1 Å². The average molecular weight is 468 g/mol. The van der Waals surface area contributed by atoms with Crippen molar-refractivity contribution in [2.45, 2.75) is 19.5 Å². The topological polar surface area (TPSA) is 103 Å². The Hall–Kier alpha value is -3.76. The second-order valence-electron chi connectivity index (χ2n) is 7.18. The molecule has 0 saturated carbocycles. The Kier molecular flexibility index (Phi) is 6.38. The highest BCUT2D eigenvalue weighted by atomic mass is 32.1. The lowest BCUT2D eigenvalue weighted by molar-refractivity contribution is 0.0933. The molecule has 0 radical (unpaired) electrons. The third-order valence-electron chi connectivity index (χ3n) is 4.96. The molecule has 0 aliphatic rings. The summed E-state index contributed by atoms with van der Waals surface area (Å²) < 4.78 is 28.5. The van der Waals surface area contributed by atoms with Crippen LogP contribution >= 0.6 is 11.3 Å². The summed E-state index contributed by atoms with van der Waals surface area (Å²) in [5, 5.41) is 6.81. The maximum Gasteiger partial charge on any atom is 0.272 e. The summed E-state index contributed by atoms with van der Waals surface area (Å²) in [7, 11) is 0. The number of nitrogens with one attached hydrogen (secondary N) is 1. The van der Waals surface area contributed by atoms with Gasteiger partial charge in [0.15, 0.2) is 0 Å². The number of carbonyl (C=O) groups excluding carboxylic acids is 1. The fourth-order valence-electron chi connectivity index (χ4n) is 3.27. The predicted molar refractivity (Wildman–Crippen MR) is 121 cm³/mol. The van der Waals surface area contributed by atoms with E-state index < -0.39 is 23.5 Å². The van der Waals surface area contributed by atoms with Crippen molar-refractivity contribution in [1.29, 1.82) is 0 Å². The maximum atomic E-state index is 14.0. The third-order valence-corrected chi connectivity index (χ3v) is 6.26. The molecule has 0 saturated heterocycles. The highest BCUT2D eigenvalue weighted by molar-refractivity contribution is 7.15. The van der Waals surface area contributed by atoms with Crippen LogP contribution in [0.1, 0.15) is 33.9 Å². The number of aromatic nitrogens is 3. The van der Waals surface area contributed by atoms with Crippen LogP contribution in [0.5, 0.6) is 0 Å².